The summed E-state index contributed by atoms with van der Waals surface area (Å²) >= 11 is 0. The van der Waals surface area contributed by atoms with Crippen LogP contribution in [-0.2, 0) is 0 Å². The summed E-state index contributed by atoms with van der Waals surface area (Å²) in [5, 5.41) is 3.52. The van der Waals surface area contributed by atoms with E-state index in [9.17, 15) is 0 Å². The molecular formula is C28H60N2. The second-order valence-corrected chi connectivity index (χ2v) is 9.56. The van der Waals surface area contributed by atoms with Gasteiger partial charge in [-0.25, -0.2) is 0 Å². The molecule has 0 unspecified atom stereocenters. The molecule has 0 heterocycles. The first-order valence-electron chi connectivity index (χ1n) is 14.3. The Morgan fingerprint density at radius 3 is 1.07 bits per heavy atom. The van der Waals surface area contributed by atoms with Gasteiger partial charge < -0.3 is 10.2 Å². The summed E-state index contributed by atoms with van der Waals surface area (Å²) in [5.41, 5.74) is 0. The lowest BCUT2D eigenvalue weighted by Gasteiger charge is -2.22. The molecule has 2 nitrogen and oxygen atoms in total. The summed E-state index contributed by atoms with van der Waals surface area (Å²) < 4.78 is 0. The standard InChI is InChI=1S/C28H60N2/c1-4-7-9-11-13-15-17-19-21-23-26-30(28-25-29-6-3)27-24-22-20-18-16-14-12-10-8-5-2/h29H,4-28H2,1-3H3. The van der Waals surface area contributed by atoms with Crippen molar-refractivity contribution in [1.29, 1.82) is 0 Å². The summed E-state index contributed by atoms with van der Waals surface area (Å²) in [5.74, 6) is 0. The Labute approximate surface area is 192 Å². The van der Waals surface area contributed by atoms with Gasteiger partial charge in [0.05, 0.1) is 0 Å². The normalized spacial score (nSPS) is 11.6. The minimum absolute atomic E-state index is 1.10. The summed E-state index contributed by atoms with van der Waals surface area (Å²) in [6.45, 7) is 13.0. The van der Waals surface area contributed by atoms with Gasteiger partial charge in [0.2, 0.25) is 0 Å². The van der Waals surface area contributed by atoms with Crippen molar-refractivity contribution in [3.63, 3.8) is 0 Å². The van der Waals surface area contributed by atoms with Gasteiger partial charge in [0.1, 0.15) is 0 Å². The molecule has 0 aliphatic carbocycles. The van der Waals surface area contributed by atoms with Crippen LogP contribution >= 0.6 is 0 Å². The van der Waals surface area contributed by atoms with Crippen molar-refractivity contribution in [2.45, 2.75) is 149 Å². The molecule has 0 aliphatic heterocycles. The highest BCUT2D eigenvalue weighted by Crippen LogP contribution is 2.12. The molecule has 0 aromatic carbocycles. The fourth-order valence-corrected chi connectivity index (χ4v) is 4.40. The second kappa shape index (κ2) is 27.0. The number of rotatable bonds is 26. The van der Waals surface area contributed by atoms with Crippen molar-refractivity contribution in [3.8, 4) is 0 Å². The van der Waals surface area contributed by atoms with Crippen LogP contribution in [0.4, 0.5) is 0 Å². The van der Waals surface area contributed by atoms with Crippen LogP contribution in [0.15, 0.2) is 0 Å². The number of hydrogen-bond acceptors (Lipinski definition) is 2. The maximum Gasteiger partial charge on any atom is 0.0107 e. The van der Waals surface area contributed by atoms with E-state index in [-0.39, 0.29) is 0 Å². The molecule has 0 amide bonds. The van der Waals surface area contributed by atoms with Gasteiger partial charge in [-0.05, 0) is 32.5 Å². The van der Waals surface area contributed by atoms with Crippen LogP contribution < -0.4 is 5.32 Å². The van der Waals surface area contributed by atoms with Gasteiger partial charge in [0.25, 0.3) is 0 Å². The van der Waals surface area contributed by atoms with E-state index < -0.39 is 0 Å². The third-order valence-corrected chi connectivity index (χ3v) is 6.51. The van der Waals surface area contributed by atoms with Gasteiger partial charge in [-0.1, -0.05) is 136 Å². The molecule has 0 bridgehead atoms. The van der Waals surface area contributed by atoms with E-state index in [1.165, 1.54) is 148 Å². The lowest BCUT2D eigenvalue weighted by atomic mass is 10.1. The van der Waals surface area contributed by atoms with Crippen LogP contribution in [0.2, 0.25) is 0 Å². The highest BCUT2D eigenvalue weighted by atomic mass is 15.1. The molecule has 0 rings (SSSR count). The molecular weight excluding hydrogens is 364 g/mol. The largest absolute Gasteiger partial charge is 0.316 e. The molecule has 0 radical (unpaired) electrons. The third-order valence-electron chi connectivity index (χ3n) is 6.51. The van der Waals surface area contributed by atoms with Crippen molar-refractivity contribution < 1.29 is 0 Å². The van der Waals surface area contributed by atoms with Gasteiger partial charge >= 0.3 is 0 Å². The minimum atomic E-state index is 1.10. The zero-order valence-electron chi connectivity index (χ0n) is 21.6. The first-order chi connectivity index (χ1) is 14.8. The molecule has 0 fully saturated rings. The van der Waals surface area contributed by atoms with Gasteiger partial charge in [-0.3, -0.25) is 0 Å². The number of hydrogen-bond donors (Lipinski definition) is 1. The van der Waals surface area contributed by atoms with Crippen LogP contribution in [0.3, 0.4) is 0 Å². The van der Waals surface area contributed by atoms with Crippen molar-refractivity contribution in [1.82, 2.24) is 10.2 Å². The second-order valence-electron chi connectivity index (χ2n) is 9.56. The summed E-state index contributed by atoms with van der Waals surface area (Å²) in [4.78, 5) is 2.73. The molecule has 2 heteroatoms. The number of unbranched alkanes of at least 4 members (excludes halogenated alkanes) is 18. The zero-order valence-corrected chi connectivity index (χ0v) is 21.6. The maximum atomic E-state index is 3.52. The number of likely N-dealkylation sites (N-methyl/N-ethyl adjacent to an activating group) is 1. The van der Waals surface area contributed by atoms with E-state index in [1.807, 2.05) is 0 Å². The van der Waals surface area contributed by atoms with E-state index in [4.69, 9.17) is 0 Å². The molecule has 182 valence electrons. The van der Waals surface area contributed by atoms with Crippen LogP contribution in [0.1, 0.15) is 149 Å². The van der Waals surface area contributed by atoms with Gasteiger partial charge in [0, 0.05) is 13.1 Å². The number of nitrogens with one attached hydrogen (secondary N) is 1. The third kappa shape index (κ3) is 24.2. The maximum absolute atomic E-state index is 3.52. The summed E-state index contributed by atoms with van der Waals surface area (Å²) in [6, 6.07) is 0. The molecule has 0 aromatic rings. The molecule has 0 spiro atoms. The Kier molecular flexibility index (Phi) is 26.9. The average Bonchev–Trinajstić information content (AvgIpc) is 2.76. The minimum Gasteiger partial charge on any atom is -0.316 e. The van der Waals surface area contributed by atoms with E-state index in [0.29, 0.717) is 0 Å². The monoisotopic (exact) mass is 424 g/mol. The fraction of sp³-hybridized carbons (Fsp3) is 1.00. The Balaban J connectivity index is 3.61. The quantitative estimate of drug-likeness (QED) is 0.140. The van der Waals surface area contributed by atoms with E-state index >= 15 is 0 Å². The van der Waals surface area contributed by atoms with E-state index in [0.717, 1.165) is 13.1 Å². The molecule has 0 atom stereocenters. The van der Waals surface area contributed by atoms with Crippen LogP contribution in [0.25, 0.3) is 0 Å². The topological polar surface area (TPSA) is 15.3 Å². The van der Waals surface area contributed by atoms with Crippen LogP contribution in [0, 0.1) is 0 Å². The molecule has 0 saturated heterocycles. The average molecular weight is 425 g/mol. The van der Waals surface area contributed by atoms with E-state index in [1.54, 1.807) is 0 Å². The molecule has 30 heavy (non-hydrogen) atoms. The Bertz CT molecular complexity index is 268. The molecule has 0 saturated carbocycles. The lowest BCUT2D eigenvalue weighted by Crippen LogP contribution is -2.33. The van der Waals surface area contributed by atoms with Crippen molar-refractivity contribution in [3.05, 3.63) is 0 Å². The number of nitrogens with zero attached hydrogens (tertiary/aromatic N) is 1. The molecule has 0 aliphatic rings. The predicted octanol–water partition coefficient (Wildman–Crippen LogP) is 8.74. The smallest absolute Gasteiger partial charge is 0.0107 e. The predicted molar refractivity (Wildman–Crippen MR) is 139 cm³/mol. The first-order valence-corrected chi connectivity index (χ1v) is 14.3. The van der Waals surface area contributed by atoms with Gasteiger partial charge in [-0.2, -0.15) is 0 Å². The first kappa shape index (κ1) is 29.9. The molecule has 1 N–H and O–H groups in total. The molecule has 0 aromatic heterocycles. The van der Waals surface area contributed by atoms with Gasteiger partial charge in [-0.15, -0.1) is 0 Å². The van der Waals surface area contributed by atoms with Crippen LogP contribution in [0.5, 0.6) is 0 Å². The van der Waals surface area contributed by atoms with Crippen molar-refractivity contribution in [2.24, 2.45) is 0 Å². The summed E-state index contributed by atoms with van der Waals surface area (Å²) in [6.07, 6.45) is 28.8. The van der Waals surface area contributed by atoms with Gasteiger partial charge in [0.15, 0.2) is 0 Å². The Morgan fingerprint density at radius 2 is 0.733 bits per heavy atom. The van der Waals surface area contributed by atoms with Crippen LogP contribution in [-0.4, -0.2) is 37.6 Å². The SMILES string of the molecule is CCCCCCCCCCCCN(CCCCCCCCCCCC)CCNCC. The van der Waals surface area contributed by atoms with E-state index in [2.05, 4.69) is 31.0 Å². The summed E-state index contributed by atoms with van der Waals surface area (Å²) in [7, 11) is 0. The Morgan fingerprint density at radius 1 is 0.400 bits per heavy atom. The lowest BCUT2D eigenvalue weighted by molar-refractivity contribution is 0.260. The Hall–Kier alpha value is -0.0800. The van der Waals surface area contributed by atoms with Crippen molar-refractivity contribution in [2.75, 3.05) is 32.7 Å². The zero-order chi connectivity index (χ0) is 22.0. The highest BCUT2D eigenvalue weighted by molar-refractivity contribution is 4.61. The fourth-order valence-electron chi connectivity index (χ4n) is 4.40. The van der Waals surface area contributed by atoms with Crippen molar-refractivity contribution >= 4 is 0 Å². The highest BCUT2D eigenvalue weighted by Gasteiger charge is 2.04.